The van der Waals surface area contributed by atoms with E-state index in [0.717, 1.165) is 0 Å². The van der Waals surface area contributed by atoms with Crippen LogP contribution in [0.2, 0.25) is 0 Å². The molecule has 0 bridgehead atoms. The fourth-order valence-corrected chi connectivity index (χ4v) is 1.57. The van der Waals surface area contributed by atoms with Crippen LogP contribution >= 0.6 is 0 Å². The molecular weight excluding hydrogens is 300 g/mol. The quantitative estimate of drug-likeness (QED) is 0.491. The molecule has 0 radical (unpaired) electrons. The van der Waals surface area contributed by atoms with E-state index in [-0.39, 0.29) is 12.1 Å². The molecule has 1 N–H and O–H groups in total. The second kappa shape index (κ2) is 6.97. The number of hydrogen-bond acceptors (Lipinski definition) is 4. The van der Waals surface area contributed by atoms with Crippen molar-refractivity contribution in [2.75, 3.05) is 19.7 Å². The van der Waals surface area contributed by atoms with E-state index in [1.165, 1.54) is 0 Å². The van der Waals surface area contributed by atoms with Gasteiger partial charge >= 0.3 is 5.69 Å². The van der Waals surface area contributed by atoms with Crippen molar-refractivity contribution < 1.29 is 32.4 Å². The highest BCUT2D eigenvalue weighted by molar-refractivity contribution is 5.94. The van der Waals surface area contributed by atoms with Crippen molar-refractivity contribution in [3.63, 3.8) is 0 Å². The monoisotopic (exact) mass is 310 g/mol. The van der Waals surface area contributed by atoms with Crippen LogP contribution in [0.1, 0.15) is 10.4 Å². The molecule has 0 spiro atoms. The normalized spacial score (nSPS) is 10.8. The predicted octanol–water partition coefficient (Wildman–Crippen LogP) is 1.57. The number of carbonyl (C=O) groups is 1. The number of aliphatic hydroxyl groups is 1. The molecule has 116 valence electrons. The zero-order valence-electron chi connectivity index (χ0n) is 10.4. The van der Waals surface area contributed by atoms with Crippen molar-refractivity contribution in [3.05, 3.63) is 39.4 Å². The molecule has 0 heterocycles. The number of hydrogen-bond donors (Lipinski definition) is 1. The van der Waals surface area contributed by atoms with Crippen LogP contribution < -0.4 is 0 Å². The summed E-state index contributed by atoms with van der Waals surface area (Å²) in [5, 5.41) is 19.1. The Labute approximate surface area is 115 Å². The minimum atomic E-state index is -2.94. The van der Waals surface area contributed by atoms with Crippen molar-refractivity contribution in [3.8, 4) is 0 Å². The summed E-state index contributed by atoms with van der Waals surface area (Å²) in [6.07, 6.45) is -2.94. The van der Waals surface area contributed by atoms with E-state index in [1.54, 1.807) is 0 Å². The average molecular weight is 310 g/mol. The van der Waals surface area contributed by atoms with Gasteiger partial charge in [-0.3, -0.25) is 14.9 Å². The first kappa shape index (κ1) is 16.8. The third-order valence-electron chi connectivity index (χ3n) is 2.48. The number of nitro groups is 1. The number of carbonyl (C=O) groups excluding carboxylic acids is 1. The molecular formula is C11H10F4N2O4. The minimum Gasteiger partial charge on any atom is -0.395 e. The van der Waals surface area contributed by atoms with Gasteiger partial charge in [0.05, 0.1) is 29.7 Å². The summed E-state index contributed by atoms with van der Waals surface area (Å²) in [7, 11) is 0. The topological polar surface area (TPSA) is 83.7 Å². The van der Waals surface area contributed by atoms with Crippen molar-refractivity contribution in [2.24, 2.45) is 0 Å². The molecule has 0 fully saturated rings. The molecule has 0 atom stereocenters. The lowest BCUT2D eigenvalue weighted by atomic mass is 10.1. The van der Waals surface area contributed by atoms with Crippen LogP contribution in [-0.4, -0.2) is 47.0 Å². The Morgan fingerprint density at radius 1 is 1.33 bits per heavy atom. The summed E-state index contributed by atoms with van der Waals surface area (Å²) in [6.45, 7) is -2.26. The lowest BCUT2D eigenvalue weighted by Crippen LogP contribution is -2.37. The fourth-order valence-electron chi connectivity index (χ4n) is 1.57. The first-order chi connectivity index (χ1) is 9.77. The number of nitro benzene ring substituents is 1. The summed E-state index contributed by atoms with van der Waals surface area (Å²) >= 11 is 0. The summed E-state index contributed by atoms with van der Waals surface area (Å²) in [6, 6.07) is 0.466. The molecule has 10 heteroatoms. The van der Waals surface area contributed by atoms with Gasteiger partial charge in [-0.25, -0.2) is 13.2 Å². The first-order valence-electron chi connectivity index (χ1n) is 5.59. The maximum Gasteiger partial charge on any atom is 0.307 e. The Kier molecular flexibility index (Phi) is 5.59. The Morgan fingerprint density at radius 2 is 1.95 bits per heavy atom. The van der Waals surface area contributed by atoms with Crippen LogP contribution in [0.3, 0.4) is 0 Å². The molecule has 1 amide bonds. The van der Waals surface area contributed by atoms with Gasteiger partial charge in [-0.15, -0.1) is 0 Å². The molecule has 0 unspecified atom stereocenters. The lowest BCUT2D eigenvalue weighted by Gasteiger charge is -2.21. The lowest BCUT2D eigenvalue weighted by molar-refractivity contribution is -0.387. The minimum absolute atomic E-state index is 0.196. The van der Waals surface area contributed by atoms with Crippen LogP contribution in [0.15, 0.2) is 12.1 Å². The molecule has 1 aromatic carbocycles. The van der Waals surface area contributed by atoms with E-state index in [9.17, 15) is 32.5 Å². The van der Waals surface area contributed by atoms with E-state index >= 15 is 0 Å². The van der Waals surface area contributed by atoms with E-state index in [0.29, 0.717) is 4.90 Å². The molecule has 0 aromatic heterocycles. The van der Waals surface area contributed by atoms with Gasteiger partial charge < -0.3 is 10.0 Å². The highest BCUT2D eigenvalue weighted by atomic mass is 19.3. The van der Waals surface area contributed by atoms with Gasteiger partial charge in [0.2, 0.25) is 5.82 Å². The number of amides is 1. The number of benzene rings is 1. The summed E-state index contributed by atoms with van der Waals surface area (Å²) in [5.74, 6) is -4.17. The van der Waals surface area contributed by atoms with Crippen molar-refractivity contribution in [2.45, 2.75) is 6.43 Å². The smallest absolute Gasteiger partial charge is 0.307 e. The molecule has 1 rings (SSSR count). The maximum absolute atomic E-state index is 13.6. The van der Waals surface area contributed by atoms with Crippen LogP contribution in [0.4, 0.5) is 23.2 Å². The maximum atomic E-state index is 13.6. The average Bonchev–Trinajstić information content (AvgIpc) is 2.39. The summed E-state index contributed by atoms with van der Waals surface area (Å²) < 4.78 is 51.6. The molecule has 0 aliphatic rings. The van der Waals surface area contributed by atoms with Crippen LogP contribution in [0.5, 0.6) is 0 Å². The molecule has 21 heavy (non-hydrogen) atoms. The number of rotatable bonds is 6. The van der Waals surface area contributed by atoms with Gasteiger partial charge in [-0.05, 0) is 6.07 Å². The third kappa shape index (κ3) is 4.12. The van der Waals surface area contributed by atoms with Gasteiger partial charge in [0.15, 0.2) is 0 Å². The Hall–Kier alpha value is -2.23. The van der Waals surface area contributed by atoms with E-state index in [2.05, 4.69) is 0 Å². The highest BCUT2D eigenvalue weighted by Crippen LogP contribution is 2.22. The molecule has 0 saturated heterocycles. The number of aliphatic hydroxyl groups excluding tert-OH is 1. The Bertz CT molecular complexity index is 553. The third-order valence-corrected chi connectivity index (χ3v) is 2.48. The van der Waals surface area contributed by atoms with Crippen molar-refractivity contribution in [1.82, 2.24) is 4.90 Å². The van der Waals surface area contributed by atoms with E-state index < -0.39 is 59.8 Å². The first-order valence-corrected chi connectivity index (χ1v) is 5.59. The zero-order valence-corrected chi connectivity index (χ0v) is 10.4. The van der Waals surface area contributed by atoms with Crippen molar-refractivity contribution in [1.29, 1.82) is 0 Å². The Morgan fingerprint density at radius 3 is 2.43 bits per heavy atom. The second-order valence-corrected chi connectivity index (χ2v) is 3.91. The second-order valence-electron chi connectivity index (χ2n) is 3.91. The van der Waals surface area contributed by atoms with Crippen LogP contribution in [0.25, 0.3) is 0 Å². The fraction of sp³-hybridized carbons (Fsp3) is 0.364. The highest BCUT2D eigenvalue weighted by Gasteiger charge is 2.26. The zero-order chi connectivity index (χ0) is 16.2. The standard InChI is InChI=1S/C11H10F4N2O4/c12-7-4-9(17(20)21)8(13)3-6(7)11(19)16(1-2-18)5-10(14)15/h3-4,10,18H,1-2,5H2. The molecule has 6 nitrogen and oxygen atoms in total. The predicted molar refractivity (Wildman–Crippen MR) is 62.0 cm³/mol. The number of nitrogens with zero attached hydrogens (tertiary/aromatic N) is 2. The summed E-state index contributed by atoms with van der Waals surface area (Å²) in [5.41, 5.74) is -2.10. The van der Waals surface area contributed by atoms with Gasteiger partial charge in [-0.1, -0.05) is 0 Å². The SMILES string of the molecule is O=C(c1cc(F)c([N+](=O)[O-])cc1F)N(CCO)CC(F)F. The van der Waals surface area contributed by atoms with Crippen molar-refractivity contribution >= 4 is 11.6 Å². The Balaban J connectivity index is 3.16. The molecule has 0 saturated carbocycles. The van der Waals surface area contributed by atoms with Crippen LogP contribution in [0, 0.1) is 21.7 Å². The van der Waals surface area contributed by atoms with Gasteiger partial charge in [0.25, 0.3) is 12.3 Å². The molecule has 0 aliphatic heterocycles. The van der Waals surface area contributed by atoms with Gasteiger partial charge in [0, 0.05) is 6.54 Å². The number of halogens is 4. The largest absolute Gasteiger partial charge is 0.395 e. The molecule has 1 aromatic rings. The van der Waals surface area contributed by atoms with Gasteiger partial charge in [0.1, 0.15) is 5.82 Å². The van der Waals surface area contributed by atoms with E-state index in [1.807, 2.05) is 0 Å². The van der Waals surface area contributed by atoms with E-state index in [4.69, 9.17) is 5.11 Å². The number of alkyl halides is 2. The summed E-state index contributed by atoms with van der Waals surface area (Å²) in [4.78, 5) is 21.5. The van der Waals surface area contributed by atoms with Crippen LogP contribution in [-0.2, 0) is 0 Å². The molecule has 0 aliphatic carbocycles. The van der Waals surface area contributed by atoms with Gasteiger partial charge in [-0.2, -0.15) is 4.39 Å².